The molecule has 0 radical (unpaired) electrons. The number of halogens is 3. The molecule has 1 unspecified atom stereocenters. The van der Waals surface area contributed by atoms with Gasteiger partial charge in [0.25, 0.3) is 0 Å². The number of hydrogen-bond acceptors (Lipinski definition) is 5. The van der Waals surface area contributed by atoms with Gasteiger partial charge in [0.15, 0.2) is 5.76 Å². The monoisotopic (exact) mass is 437 g/mol. The molecule has 3 rings (SSSR count). The van der Waals surface area contributed by atoms with E-state index in [1.807, 2.05) is 36.1 Å². The van der Waals surface area contributed by atoms with Gasteiger partial charge in [0, 0.05) is 29.7 Å². The number of carbonyl (C=O) groups is 1. The molecule has 144 valence electrons. The van der Waals surface area contributed by atoms with Crippen LogP contribution in [-0.4, -0.2) is 40.2 Å². The summed E-state index contributed by atoms with van der Waals surface area (Å²) in [4.78, 5) is 18.5. The molecule has 2 heterocycles. The summed E-state index contributed by atoms with van der Waals surface area (Å²) in [5.74, 6) is 2.01. The van der Waals surface area contributed by atoms with Gasteiger partial charge in [-0.3, -0.25) is 4.79 Å². The number of aromatic nitrogens is 1. The van der Waals surface area contributed by atoms with E-state index in [1.54, 1.807) is 6.20 Å². The van der Waals surface area contributed by atoms with Gasteiger partial charge in [0.2, 0.25) is 11.8 Å². The average Bonchev–Trinajstić information content (AvgIpc) is 3.22. The Kier molecular flexibility index (Phi) is 9.27. The van der Waals surface area contributed by atoms with Crippen LogP contribution in [-0.2, 0) is 10.5 Å². The van der Waals surface area contributed by atoms with Gasteiger partial charge >= 0.3 is 0 Å². The van der Waals surface area contributed by atoms with E-state index in [0.29, 0.717) is 29.0 Å². The summed E-state index contributed by atoms with van der Waals surface area (Å²) < 4.78 is 5.76. The summed E-state index contributed by atoms with van der Waals surface area (Å²) in [6.45, 7) is 3.33. The maximum atomic E-state index is 12.4. The van der Waals surface area contributed by atoms with Crippen LogP contribution in [0.2, 0.25) is 5.02 Å². The number of hydrogen-bond donors (Lipinski definition) is 1. The zero-order chi connectivity index (χ0) is 17.1. The van der Waals surface area contributed by atoms with Gasteiger partial charge in [-0.2, -0.15) is 0 Å². The molecule has 2 N–H and O–H groups in total. The Morgan fingerprint density at radius 2 is 2.12 bits per heavy atom. The van der Waals surface area contributed by atoms with Gasteiger partial charge in [-0.15, -0.1) is 36.6 Å². The maximum absolute atomic E-state index is 12.4. The zero-order valence-corrected chi connectivity index (χ0v) is 17.5. The van der Waals surface area contributed by atoms with Crippen LogP contribution in [0, 0.1) is 0 Å². The third-order valence-corrected chi connectivity index (χ3v) is 5.39. The molecule has 0 saturated carbocycles. The lowest BCUT2D eigenvalue weighted by Crippen LogP contribution is -2.36. The number of nitrogens with zero attached hydrogens (tertiary/aromatic N) is 2. The van der Waals surface area contributed by atoms with Crippen molar-refractivity contribution in [3.63, 3.8) is 0 Å². The third-order valence-electron chi connectivity index (χ3n) is 4.02. The number of oxazole rings is 1. The smallest absolute Gasteiger partial charge is 0.235 e. The highest BCUT2D eigenvalue weighted by Crippen LogP contribution is 2.25. The minimum Gasteiger partial charge on any atom is -0.440 e. The van der Waals surface area contributed by atoms with E-state index in [0.717, 1.165) is 18.5 Å². The van der Waals surface area contributed by atoms with Crippen molar-refractivity contribution in [1.82, 2.24) is 9.88 Å². The molecule has 1 saturated heterocycles. The Morgan fingerprint density at radius 3 is 2.73 bits per heavy atom. The number of rotatable bonds is 5. The molecule has 0 bridgehead atoms. The summed E-state index contributed by atoms with van der Waals surface area (Å²) in [7, 11) is 0. The fraction of sp³-hybridized carbons (Fsp3) is 0.412. The molecule has 1 fully saturated rings. The Labute approximate surface area is 174 Å². The topological polar surface area (TPSA) is 72.4 Å². The summed E-state index contributed by atoms with van der Waals surface area (Å²) in [6.07, 6.45) is 2.58. The molecule has 2 aromatic rings. The normalized spacial score (nSPS) is 17.3. The van der Waals surface area contributed by atoms with Crippen molar-refractivity contribution in [3.05, 3.63) is 41.4 Å². The van der Waals surface area contributed by atoms with E-state index in [1.165, 1.54) is 11.8 Å². The van der Waals surface area contributed by atoms with E-state index >= 15 is 0 Å². The van der Waals surface area contributed by atoms with E-state index < -0.39 is 0 Å². The molecule has 1 aromatic carbocycles. The lowest BCUT2D eigenvalue weighted by Gasteiger charge is -2.19. The zero-order valence-electron chi connectivity index (χ0n) is 14.3. The Morgan fingerprint density at radius 1 is 1.42 bits per heavy atom. The minimum absolute atomic E-state index is 0. The number of thioether (sulfide) groups is 1. The fourth-order valence-electron chi connectivity index (χ4n) is 2.64. The molecule has 0 spiro atoms. The number of amides is 1. The van der Waals surface area contributed by atoms with Crippen molar-refractivity contribution in [3.8, 4) is 11.3 Å². The highest BCUT2D eigenvalue weighted by molar-refractivity contribution is 7.99. The van der Waals surface area contributed by atoms with Crippen molar-refractivity contribution in [2.75, 3.05) is 13.1 Å². The summed E-state index contributed by atoms with van der Waals surface area (Å²) in [5.41, 5.74) is 6.79. The number of benzene rings is 1. The molecule has 1 aliphatic heterocycles. The third kappa shape index (κ3) is 5.79. The lowest BCUT2D eigenvalue weighted by atomic mass is 10.2. The Bertz CT molecular complexity index is 712. The van der Waals surface area contributed by atoms with Gasteiger partial charge in [-0.05, 0) is 37.6 Å². The van der Waals surface area contributed by atoms with Crippen molar-refractivity contribution < 1.29 is 9.21 Å². The predicted octanol–water partition coefficient (Wildman–Crippen LogP) is 4.02. The first-order valence-corrected chi connectivity index (χ1v) is 9.32. The van der Waals surface area contributed by atoms with Crippen LogP contribution in [0.25, 0.3) is 11.3 Å². The van der Waals surface area contributed by atoms with Crippen LogP contribution in [0.4, 0.5) is 0 Å². The Balaban J connectivity index is 0.00000169. The van der Waals surface area contributed by atoms with Crippen molar-refractivity contribution >= 4 is 54.1 Å². The number of carbonyl (C=O) groups excluding carboxylic acids is 1. The molecule has 5 nitrogen and oxygen atoms in total. The van der Waals surface area contributed by atoms with Gasteiger partial charge in [0.1, 0.15) is 0 Å². The van der Waals surface area contributed by atoms with Gasteiger partial charge in [-0.1, -0.05) is 11.6 Å². The van der Waals surface area contributed by atoms with Crippen LogP contribution >= 0.6 is 48.2 Å². The van der Waals surface area contributed by atoms with Crippen LogP contribution < -0.4 is 5.73 Å². The highest BCUT2D eigenvalue weighted by atomic mass is 35.5. The Hall–Kier alpha value is -0.920. The molecule has 9 heteroatoms. The largest absolute Gasteiger partial charge is 0.440 e. The highest BCUT2D eigenvalue weighted by Gasteiger charge is 2.27. The minimum atomic E-state index is -0.138. The van der Waals surface area contributed by atoms with Crippen LogP contribution in [0.3, 0.4) is 0 Å². The van der Waals surface area contributed by atoms with Crippen LogP contribution in [0.15, 0.2) is 34.9 Å². The van der Waals surface area contributed by atoms with Crippen molar-refractivity contribution in [2.24, 2.45) is 5.73 Å². The quantitative estimate of drug-likeness (QED) is 0.763. The van der Waals surface area contributed by atoms with E-state index in [9.17, 15) is 4.79 Å². The fourth-order valence-corrected chi connectivity index (χ4v) is 3.58. The van der Waals surface area contributed by atoms with Crippen LogP contribution in [0.5, 0.6) is 0 Å². The lowest BCUT2D eigenvalue weighted by molar-refractivity contribution is -0.129. The molecular formula is C17H22Cl3N3O2S. The molecule has 26 heavy (non-hydrogen) atoms. The first-order valence-electron chi connectivity index (χ1n) is 7.89. The second-order valence-electron chi connectivity index (χ2n) is 5.91. The van der Waals surface area contributed by atoms with Gasteiger partial charge < -0.3 is 15.1 Å². The summed E-state index contributed by atoms with van der Waals surface area (Å²) in [6, 6.07) is 7.52. The van der Waals surface area contributed by atoms with Gasteiger partial charge in [-0.25, -0.2) is 4.98 Å². The second kappa shape index (κ2) is 10.4. The first kappa shape index (κ1) is 23.1. The van der Waals surface area contributed by atoms with Crippen LogP contribution in [0.1, 0.15) is 19.2 Å². The molecule has 1 aliphatic rings. The second-order valence-corrected chi connectivity index (χ2v) is 7.68. The molecule has 0 aliphatic carbocycles. The van der Waals surface area contributed by atoms with E-state index in [-0.39, 0.29) is 42.0 Å². The predicted molar refractivity (Wildman–Crippen MR) is 111 cm³/mol. The molecule has 1 aromatic heterocycles. The SMILES string of the molecule is CC(SCc1ncc(-c2ccc(Cl)cc2)o1)C(=O)N1CC[C@@H](N)C1.Cl.Cl. The van der Waals surface area contributed by atoms with Crippen molar-refractivity contribution in [2.45, 2.75) is 30.4 Å². The standard InChI is InChI=1S/C17H20ClN3O2S.2ClH/c1-11(17(22)21-7-6-14(19)9-21)24-10-16-20-8-15(23-16)12-2-4-13(18)5-3-12;;/h2-5,8,11,14H,6-7,9-10,19H2,1H3;2*1H/t11?,14-;;/m1../s1. The maximum Gasteiger partial charge on any atom is 0.235 e. The van der Waals surface area contributed by atoms with Gasteiger partial charge in [0.05, 0.1) is 17.2 Å². The first-order chi connectivity index (χ1) is 11.5. The molecular weight excluding hydrogens is 417 g/mol. The average molecular weight is 439 g/mol. The number of likely N-dealkylation sites (tertiary alicyclic amines) is 1. The molecule has 1 amide bonds. The summed E-state index contributed by atoms with van der Waals surface area (Å²) >= 11 is 7.42. The summed E-state index contributed by atoms with van der Waals surface area (Å²) in [5, 5.41) is 0.546. The van der Waals surface area contributed by atoms with Crippen molar-refractivity contribution in [1.29, 1.82) is 0 Å². The molecule has 2 atom stereocenters. The van der Waals surface area contributed by atoms with E-state index in [4.69, 9.17) is 21.8 Å². The van der Waals surface area contributed by atoms with E-state index in [2.05, 4.69) is 4.98 Å². The number of nitrogens with two attached hydrogens (primary N) is 1.